The number of rotatable bonds is 9. The quantitative estimate of drug-likeness (QED) is 0.461. The lowest BCUT2D eigenvalue weighted by atomic mass is 10.0. The molecular weight excluding hydrogens is 459 g/mol. The smallest absolute Gasteiger partial charge is 0.261 e. The van der Waals surface area contributed by atoms with E-state index >= 15 is 0 Å². The van der Waals surface area contributed by atoms with Gasteiger partial charge in [0.15, 0.2) is 6.61 Å². The van der Waals surface area contributed by atoms with Crippen LogP contribution in [0.1, 0.15) is 16.7 Å². The fraction of sp³-hybridized carbons (Fsp3) is 0.231. The van der Waals surface area contributed by atoms with E-state index in [1.165, 1.54) is 0 Å². The van der Waals surface area contributed by atoms with Gasteiger partial charge >= 0.3 is 0 Å². The molecule has 0 aliphatic carbocycles. The molecule has 0 saturated heterocycles. The maximum Gasteiger partial charge on any atom is 0.261 e. The number of carbonyl (C=O) groups excluding carboxylic acids is 2. The topological polar surface area (TPSA) is 58.6 Å². The molecule has 1 unspecified atom stereocenters. The van der Waals surface area contributed by atoms with Gasteiger partial charge in [-0.15, -0.1) is 0 Å². The second kappa shape index (κ2) is 11.7. The molecule has 0 bridgehead atoms. The molecule has 3 rings (SSSR count). The summed E-state index contributed by atoms with van der Waals surface area (Å²) in [7, 11) is 1.57. The van der Waals surface area contributed by atoms with Crippen LogP contribution in [0.25, 0.3) is 0 Å². The molecule has 0 fully saturated rings. The van der Waals surface area contributed by atoms with Crippen molar-refractivity contribution in [2.75, 3.05) is 13.7 Å². The summed E-state index contributed by atoms with van der Waals surface area (Å²) >= 11 is 12.1. The number of benzene rings is 3. The monoisotopic (exact) mass is 484 g/mol. The van der Waals surface area contributed by atoms with Crippen molar-refractivity contribution < 1.29 is 14.3 Å². The van der Waals surface area contributed by atoms with E-state index in [9.17, 15) is 9.59 Å². The van der Waals surface area contributed by atoms with Crippen LogP contribution >= 0.6 is 23.2 Å². The molecule has 0 aliphatic rings. The van der Waals surface area contributed by atoms with Gasteiger partial charge in [-0.2, -0.15) is 0 Å². The lowest BCUT2D eigenvalue weighted by molar-refractivity contribution is -0.142. The number of amides is 2. The summed E-state index contributed by atoms with van der Waals surface area (Å²) in [5.74, 6) is -0.219. The van der Waals surface area contributed by atoms with Gasteiger partial charge in [-0.05, 0) is 41.8 Å². The Kier molecular flexibility index (Phi) is 8.75. The number of aryl methyl sites for hydroxylation is 1. The normalized spacial score (nSPS) is 11.5. The van der Waals surface area contributed by atoms with Crippen LogP contribution in [0.4, 0.5) is 0 Å². The summed E-state index contributed by atoms with van der Waals surface area (Å²) in [5, 5.41) is 3.49. The molecule has 0 radical (unpaired) electrons. The number of nitrogens with zero attached hydrogens (tertiary/aromatic N) is 1. The molecule has 0 aliphatic heterocycles. The van der Waals surface area contributed by atoms with Crippen molar-refractivity contribution >= 4 is 35.0 Å². The zero-order chi connectivity index (χ0) is 23.8. The predicted molar refractivity (Wildman–Crippen MR) is 132 cm³/mol. The Bertz CT molecular complexity index is 1110. The molecule has 0 saturated carbocycles. The molecule has 7 heteroatoms. The van der Waals surface area contributed by atoms with Gasteiger partial charge in [0.25, 0.3) is 5.91 Å². The summed E-state index contributed by atoms with van der Waals surface area (Å²) in [4.78, 5) is 27.9. The first kappa shape index (κ1) is 24.6. The van der Waals surface area contributed by atoms with Crippen molar-refractivity contribution in [2.24, 2.45) is 0 Å². The summed E-state index contributed by atoms with van der Waals surface area (Å²) in [6.07, 6.45) is 0.375. The van der Waals surface area contributed by atoms with Gasteiger partial charge in [0.05, 0.1) is 5.02 Å². The van der Waals surface area contributed by atoms with Crippen LogP contribution in [-0.4, -0.2) is 36.4 Å². The maximum absolute atomic E-state index is 13.4. The second-order valence-electron chi connectivity index (χ2n) is 7.63. The first-order valence-corrected chi connectivity index (χ1v) is 11.3. The number of carbonyl (C=O) groups is 2. The van der Waals surface area contributed by atoms with Gasteiger partial charge in [0.1, 0.15) is 11.8 Å². The molecule has 0 aromatic heterocycles. The molecule has 1 atom stereocenters. The van der Waals surface area contributed by atoms with Gasteiger partial charge < -0.3 is 15.0 Å². The minimum Gasteiger partial charge on any atom is -0.482 e. The van der Waals surface area contributed by atoms with E-state index in [1.54, 1.807) is 30.1 Å². The number of halogens is 2. The van der Waals surface area contributed by atoms with E-state index in [4.69, 9.17) is 27.9 Å². The van der Waals surface area contributed by atoms with E-state index in [-0.39, 0.29) is 25.0 Å². The van der Waals surface area contributed by atoms with Crippen LogP contribution in [-0.2, 0) is 22.6 Å². The van der Waals surface area contributed by atoms with Crippen molar-refractivity contribution in [3.63, 3.8) is 0 Å². The van der Waals surface area contributed by atoms with Crippen molar-refractivity contribution in [1.82, 2.24) is 10.2 Å². The zero-order valence-corrected chi connectivity index (χ0v) is 20.1. The number of likely N-dealkylation sites (N-methyl/N-ethyl adjacent to an activating group) is 1. The Morgan fingerprint density at radius 2 is 1.70 bits per heavy atom. The highest BCUT2D eigenvalue weighted by Gasteiger charge is 2.30. The molecule has 33 heavy (non-hydrogen) atoms. The van der Waals surface area contributed by atoms with Crippen molar-refractivity contribution in [3.8, 4) is 5.75 Å². The number of nitrogens with one attached hydrogen (secondary N) is 1. The second-order valence-corrected chi connectivity index (χ2v) is 8.47. The first-order chi connectivity index (χ1) is 15.9. The number of hydrogen-bond donors (Lipinski definition) is 1. The van der Waals surface area contributed by atoms with Crippen LogP contribution in [0.15, 0.2) is 72.8 Å². The van der Waals surface area contributed by atoms with Crippen LogP contribution in [0.3, 0.4) is 0 Å². The average Bonchev–Trinajstić information content (AvgIpc) is 2.82. The molecule has 0 heterocycles. The Morgan fingerprint density at radius 1 is 1.00 bits per heavy atom. The van der Waals surface area contributed by atoms with Crippen LogP contribution in [0.5, 0.6) is 5.75 Å². The summed E-state index contributed by atoms with van der Waals surface area (Å²) in [6, 6.07) is 21.5. The number of hydrogen-bond acceptors (Lipinski definition) is 3. The molecule has 0 spiro atoms. The summed E-state index contributed by atoms with van der Waals surface area (Å²) in [5.41, 5.74) is 2.94. The molecule has 3 aromatic carbocycles. The van der Waals surface area contributed by atoms with Crippen LogP contribution < -0.4 is 10.1 Å². The molecular formula is C26H26Cl2N2O3. The third kappa shape index (κ3) is 6.73. The maximum atomic E-state index is 13.4. The van der Waals surface area contributed by atoms with Crippen LogP contribution in [0, 0.1) is 6.92 Å². The highest BCUT2D eigenvalue weighted by Crippen LogP contribution is 2.27. The lowest BCUT2D eigenvalue weighted by Crippen LogP contribution is -2.51. The molecule has 1 N–H and O–H groups in total. The van der Waals surface area contributed by atoms with Crippen molar-refractivity contribution in [2.45, 2.75) is 25.9 Å². The van der Waals surface area contributed by atoms with Crippen molar-refractivity contribution in [3.05, 3.63) is 99.5 Å². The molecule has 3 aromatic rings. The van der Waals surface area contributed by atoms with Gasteiger partial charge in [-0.1, -0.05) is 77.8 Å². The largest absolute Gasteiger partial charge is 0.482 e. The zero-order valence-electron chi connectivity index (χ0n) is 18.6. The highest BCUT2D eigenvalue weighted by molar-refractivity contribution is 6.35. The first-order valence-electron chi connectivity index (χ1n) is 10.6. The molecule has 2 amide bonds. The van der Waals surface area contributed by atoms with E-state index in [0.29, 0.717) is 22.2 Å². The van der Waals surface area contributed by atoms with Gasteiger partial charge in [-0.25, -0.2) is 0 Å². The Labute approximate surface area is 204 Å². The van der Waals surface area contributed by atoms with E-state index in [1.807, 2.05) is 61.5 Å². The SMILES string of the molecule is CNC(=O)C(Cc1ccccc1)N(Cc1ccccc1C)C(=O)COc1ccc(Cl)cc1Cl. The molecule has 172 valence electrons. The van der Waals surface area contributed by atoms with E-state index in [0.717, 1.165) is 16.7 Å². The number of ether oxygens (including phenoxy) is 1. The Hall–Kier alpha value is -3.02. The fourth-order valence-corrected chi connectivity index (χ4v) is 3.97. The standard InChI is InChI=1S/C26H26Cl2N2O3/c1-18-8-6-7-11-20(18)16-30(23(26(32)29-2)14-19-9-4-3-5-10-19)25(31)17-33-24-13-12-21(27)15-22(24)28/h3-13,15,23H,14,16-17H2,1-2H3,(H,29,32). The average molecular weight is 485 g/mol. The Balaban J connectivity index is 1.89. The Morgan fingerprint density at radius 3 is 2.36 bits per heavy atom. The van der Waals surface area contributed by atoms with Crippen LogP contribution in [0.2, 0.25) is 10.0 Å². The molecule has 5 nitrogen and oxygen atoms in total. The minimum absolute atomic E-state index is 0.245. The third-order valence-electron chi connectivity index (χ3n) is 5.36. The minimum atomic E-state index is -0.714. The van der Waals surface area contributed by atoms with Gasteiger partial charge in [0.2, 0.25) is 5.91 Å². The lowest BCUT2D eigenvalue weighted by Gasteiger charge is -2.31. The van der Waals surface area contributed by atoms with E-state index < -0.39 is 6.04 Å². The summed E-state index contributed by atoms with van der Waals surface area (Å²) < 4.78 is 5.70. The third-order valence-corrected chi connectivity index (χ3v) is 5.89. The van der Waals surface area contributed by atoms with Gasteiger partial charge in [-0.3, -0.25) is 9.59 Å². The summed E-state index contributed by atoms with van der Waals surface area (Å²) in [6.45, 7) is 1.98. The van der Waals surface area contributed by atoms with Gasteiger partial charge in [0, 0.05) is 25.0 Å². The highest BCUT2D eigenvalue weighted by atomic mass is 35.5. The predicted octanol–water partition coefficient (Wildman–Crippen LogP) is 5.07. The fourth-order valence-electron chi connectivity index (χ4n) is 3.51. The van der Waals surface area contributed by atoms with E-state index in [2.05, 4.69) is 5.32 Å². The van der Waals surface area contributed by atoms with Crippen molar-refractivity contribution in [1.29, 1.82) is 0 Å².